The third-order valence-electron chi connectivity index (χ3n) is 5.80. The Morgan fingerprint density at radius 1 is 1.03 bits per heavy atom. The number of Topliss-reactive ketones (excluding diaryl/α,β-unsaturated/α-hetero) is 1. The average Bonchev–Trinajstić information content (AvgIpc) is 2.77. The molecule has 2 aliphatic heterocycles. The van der Waals surface area contributed by atoms with Crippen molar-refractivity contribution in [3.63, 3.8) is 0 Å². The zero-order valence-electron chi connectivity index (χ0n) is 16.4. The molecule has 5 rings (SSSR count). The van der Waals surface area contributed by atoms with E-state index in [1.54, 1.807) is 30.3 Å². The topological polar surface area (TPSA) is 83.1 Å². The molecule has 0 fully saturated rings. The molecule has 1 aliphatic carbocycles. The summed E-state index contributed by atoms with van der Waals surface area (Å²) in [4.78, 5) is 13.5. The molecule has 3 aliphatic rings. The Labute approximate surface area is 173 Å². The van der Waals surface area contributed by atoms with Gasteiger partial charge in [0.1, 0.15) is 17.3 Å². The highest BCUT2D eigenvalue weighted by Crippen LogP contribution is 2.47. The number of rotatable bonds is 1. The second-order valence-electron chi connectivity index (χ2n) is 7.42. The fraction of sp³-hybridized carbons (Fsp3) is 0.160. The summed E-state index contributed by atoms with van der Waals surface area (Å²) >= 11 is 0. The molecule has 0 saturated heterocycles. The number of allylic oxidation sites excluding steroid dienone is 2. The van der Waals surface area contributed by atoms with Crippen LogP contribution in [0.2, 0.25) is 0 Å². The van der Waals surface area contributed by atoms with Gasteiger partial charge in [-0.15, -0.1) is 0 Å². The summed E-state index contributed by atoms with van der Waals surface area (Å²) in [6.45, 7) is 3.92. The van der Waals surface area contributed by atoms with Crippen molar-refractivity contribution in [2.24, 2.45) is 0 Å². The van der Waals surface area contributed by atoms with Gasteiger partial charge in [-0.3, -0.25) is 4.79 Å². The van der Waals surface area contributed by atoms with E-state index in [0.29, 0.717) is 46.0 Å². The molecule has 0 spiro atoms. The predicted octanol–water partition coefficient (Wildman–Crippen LogP) is 4.69. The Bertz CT molecular complexity index is 1330. The van der Waals surface area contributed by atoms with Crippen LogP contribution < -0.4 is 9.47 Å². The number of fused-ring (bicyclic) bond motifs is 4. The minimum Gasteiger partial charge on any atom is -0.480 e. The fourth-order valence-corrected chi connectivity index (χ4v) is 4.28. The maximum Gasteiger partial charge on any atom is 0.197 e. The summed E-state index contributed by atoms with van der Waals surface area (Å²) in [5.41, 5.74) is 5.44. The van der Waals surface area contributed by atoms with Crippen LogP contribution in [-0.4, -0.2) is 11.9 Å². The first-order valence-corrected chi connectivity index (χ1v) is 9.69. The largest absolute Gasteiger partial charge is 0.480 e. The highest BCUT2D eigenvalue weighted by molar-refractivity contribution is 6.20. The lowest BCUT2D eigenvalue weighted by atomic mass is 9.78. The van der Waals surface area contributed by atoms with Gasteiger partial charge in [0.15, 0.2) is 11.9 Å². The zero-order valence-corrected chi connectivity index (χ0v) is 16.4. The van der Waals surface area contributed by atoms with Crippen LogP contribution in [0.4, 0.5) is 0 Å². The highest BCUT2D eigenvalue weighted by Gasteiger charge is 2.43. The molecule has 0 unspecified atom stereocenters. The van der Waals surface area contributed by atoms with E-state index in [2.05, 4.69) is 12.1 Å². The molecule has 0 amide bonds. The number of hydrogen-bond acceptors (Lipinski definition) is 5. The van der Waals surface area contributed by atoms with Gasteiger partial charge < -0.3 is 9.47 Å². The summed E-state index contributed by atoms with van der Waals surface area (Å²) < 4.78 is 12.4. The second kappa shape index (κ2) is 6.47. The van der Waals surface area contributed by atoms with Crippen molar-refractivity contribution in [3.8, 4) is 23.6 Å². The minimum absolute atomic E-state index is 0.116. The fourth-order valence-electron chi connectivity index (χ4n) is 4.28. The van der Waals surface area contributed by atoms with Crippen molar-refractivity contribution in [1.82, 2.24) is 0 Å². The molecule has 0 N–H and O–H groups in total. The van der Waals surface area contributed by atoms with Crippen molar-refractivity contribution in [1.29, 1.82) is 10.5 Å². The molecule has 2 aromatic carbocycles. The van der Waals surface area contributed by atoms with Crippen molar-refractivity contribution in [3.05, 3.63) is 81.1 Å². The molecular weight excluding hydrogens is 376 g/mol. The van der Waals surface area contributed by atoms with E-state index >= 15 is 0 Å². The lowest BCUT2D eigenvalue weighted by Crippen LogP contribution is -2.38. The van der Waals surface area contributed by atoms with Gasteiger partial charge in [0.05, 0.1) is 28.8 Å². The molecule has 5 heteroatoms. The number of hydrogen-bond donors (Lipinski definition) is 0. The van der Waals surface area contributed by atoms with Crippen LogP contribution in [0.15, 0.2) is 58.9 Å². The summed E-state index contributed by atoms with van der Waals surface area (Å²) in [6, 6.07) is 14.7. The SMILES string of the molecule is CCC1=C2Oc3cc(C#N)ccc3C=C2C(=O)C2=C(C)c3ccc(C#N)cc3O[C@H]12. The first kappa shape index (κ1) is 18.0. The third kappa shape index (κ3) is 2.43. The third-order valence-corrected chi connectivity index (χ3v) is 5.80. The molecule has 0 radical (unpaired) electrons. The summed E-state index contributed by atoms with van der Waals surface area (Å²) in [7, 11) is 0. The summed E-state index contributed by atoms with van der Waals surface area (Å²) in [5, 5.41) is 18.4. The van der Waals surface area contributed by atoms with Gasteiger partial charge in [-0.25, -0.2) is 0 Å². The van der Waals surface area contributed by atoms with Crippen LogP contribution >= 0.6 is 0 Å². The molecule has 0 bridgehead atoms. The maximum atomic E-state index is 13.5. The summed E-state index contributed by atoms with van der Waals surface area (Å²) in [5.74, 6) is 1.54. The van der Waals surface area contributed by atoms with Gasteiger partial charge in [-0.1, -0.05) is 6.92 Å². The average molecular weight is 392 g/mol. The number of benzene rings is 2. The Morgan fingerprint density at radius 3 is 2.43 bits per heavy atom. The van der Waals surface area contributed by atoms with E-state index < -0.39 is 6.10 Å². The van der Waals surface area contributed by atoms with Crippen molar-refractivity contribution < 1.29 is 14.3 Å². The normalized spacial score (nSPS) is 18.6. The number of nitrogens with zero attached hydrogens (tertiary/aromatic N) is 2. The smallest absolute Gasteiger partial charge is 0.197 e. The van der Waals surface area contributed by atoms with E-state index in [9.17, 15) is 15.3 Å². The first-order valence-electron chi connectivity index (χ1n) is 9.69. The highest BCUT2D eigenvalue weighted by atomic mass is 16.5. The lowest BCUT2D eigenvalue weighted by Gasteiger charge is -2.37. The van der Waals surface area contributed by atoms with Crippen molar-refractivity contribution in [2.75, 3.05) is 0 Å². The molecule has 1 atom stereocenters. The van der Waals surface area contributed by atoms with Gasteiger partial charge in [0.2, 0.25) is 0 Å². The van der Waals surface area contributed by atoms with Crippen LogP contribution in [0.25, 0.3) is 11.6 Å². The number of nitriles is 2. The van der Waals surface area contributed by atoms with Gasteiger partial charge in [-0.2, -0.15) is 10.5 Å². The molecule has 0 saturated carbocycles. The number of carbonyl (C=O) groups is 1. The standard InChI is InChI=1S/C25H16N2O3/c1-3-17-24-19(10-16-6-4-14(11-26)8-20(16)29-24)23(28)22-13(2)18-7-5-15(12-27)9-21(18)30-25(17)22/h4-10,25H,3H2,1-2H3/t25-/m1/s1. The number of carbonyl (C=O) groups excluding carboxylic acids is 1. The van der Waals surface area contributed by atoms with Gasteiger partial charge >= 0.3 is 0 Å². The van der Waals surface area contributed by atoms with Crippen LogP contribution in [0.3, 0.4) is 0 Å². The number of ether oxygens (including phenoxy) is 2. The molecule has 2 aromatic rings. The molecule has 144 valence electrons. The van der Waals surface area contributed by atoms with Gasteiger partial charge in [0.25, 0.3) is 0 Å². The van der Waals surface area contributed by atoms with Gasteiger partial charge in [-0.05, 0) is 61.4 Å². The van der Waals surface area contributed by atoms with Crippen molar-refractivity contribution in [2.45, 2.75) is 26.4 Å². The first-order chi connectivity index (χ1) is 14.5. The zero-order chi connectivity index (χ0) is 21.0. The van der Waals surface area contributed by atoms with Gasteiger partial charge in [0, 0.05) is 22.3 Å². The maximum absolute atomic E-state index is 13.5. The molecular formula is C25H16N2O3. The van der Waals surface area contributed by atoms with E-state index in [1.807, 2.05) is 26.0 Å². The second-order valence-corrected chi connectivity index (χ2v) is 7.42. The van der Waals surface area contributed by atoms with E-state index in [4.69, 9.17) is 9.47 Å². The molecule has 30 heavy (non-hydrogen) atoms. The van der Waals surface area contributed by atoms with Crippen molar-refractivity contribution >= 4 is 17.4 Å². The Morgan fingerprint density at radius 2 is 1.73 bits per heavy atom. The predicted molar refractivity (Wildman–Crippen MR) is 110 cm³/mol. The quantitative estimate of drug-likeness (QED) is 0.703. The van der Waals surface area contributed by atoms with E-state index in [0.717, 1.165) is 22.3 Å². The lowest BCUT2D eigenvalue weighted by molar-refractivity contribution is -0.113. The molecule has 5 nitrogen and oxygen atoms in total. The van der Waals surface area contributed by atoms with Crippen LogP contribution in [0, 0.1) is 22.7 Å². The molecule has 0 aromatic heterocycles. The van der Waals surface area contributed by atoms with Crippen LogP contribution in [0.1, 0.15) is 42.5 Å². The summed E-state index contributed by atoms with van der Waals surface area (Å²) in [6.07, 6.45) is 1.90. The van der Waals surface area contributed by atoms with E-state index in [1.165, 1.54) is 0 Å². The Balaban J connectivity index is 1.73. The molecule has 2 heterocycles. The Kier molecular flexibility index (Phi) is 3.88. The Hall–Kier alpha value is -4.09. The van der Waals surface area contributed by atoms with Crippen LogP contribution in [0.5, 0.6) is 11.5 Å². The van der Waals surface area contributed by atoms with E-state index in [-0.39, 0.29) is 5.78 Å². The van der Waals surface area contributed by atoms with Crippen LogP contribution in [-0.2, 0) is 4.79 Å². The number of ketones is 1. The monoisotopic (exact) mass is 392 g/mol. The minimum atomic E-state index is -0.559.